The van der Waals surface area contributed by atoms with Gasteiger partial charge in [-0.1, -0.05) is 6.08 Å². The molecule has 0 spiro atoms. The molecule has 0 fully saturated rings. The van der Waals surface area contributed by atoms with Crippen LogP contribution >= 0.6 is 8.03 Å². The fraction of sp³-hybridized carbons (Fsp3) is 0.714. The van der Waals surface area contributed by atoms with Gasteiger partial charge in [-0.05, 0) is 18.4 Å². The standard InChI is InChI=1S/C7H14O2P/c1-4-6-7(3)10(8)9-5-2/h4,7H,1,5-6H2,2-3H3/q+1. The summed E-state index contributed by atoms with van der Waals surface area (Å²) in [5.74, 6) is 0. The van der Waals surface area contributed by atoms with Crippen LogP contribution in [0.1, 0.15) is 20.3 Å². The van der Waals surface area contributed by atoms with Crippen LogP contribution in [0.4, 0.5) is 0 Å². The minimum Gasteiger partial charge on any atom is -0.146 e. The molecule has 0 radical (unpaired) electrons. The minimum atomic E-state index is -1.47. The fourth-order valence-electron chi connectivity index (χ4n) is 0.582. The van der Waals surface area contributed by atoms with E-state index in [1.54, 1.807) is 6.08 Å². The van der Waals surface area contributed by atoms with E-state index in [9.17, 15) is 4.57 Å². The second-order valence-corrected chi connectivity index (χ2v) is 3.79. The van der Waals surface area contributed by atoms with Gasteiger partial charge >= 0.3 is 8.03 Å². The van der Waals surface area contributed by atoms with Crippen LogP contribution in [0.3, 0.4) is 0 Å². The first kappa shape index (κ1) is 9.80. The first-order chi connectivity index (χ1) is 4.72. The van der Waals surface area contributed by atoms with Crippen molar-refractivity contribution in [3.8, 4) is 0 Å². The van der Waals surface area contributed by atoms with Gasteiger partial charge in [-0.15, -0.1) is 11.1 Å². The second kappa shape index (κ2) is 5.57. The van der Waals surface area contributed by atoms with E-state index in [2.05, 4.69) is 6.58 Å². The smallest absolute Gasteiger partial charge is 0.146 e. The summed E-state index contributed by atoms with van der Waals surface area (Å²) in [5.41, 5.74) is 0.104. The van der Waals surface area contributed by atoms with Gasteiger partial charge in [0.1, 0.15) is 0 Å². The highest BCUT2D eigenvalue weighted by Crippen LogP contribution is 2.30. The van der Waals surface area contributed by atoms with Gasteiger partial charge in [0.25, 0.3) is 0 Å². The summed E-state index contributed by atoms with van der Waals surface area (Å²) in [4.78, 5) is 0. The molecule has 3 heteroatoms. The highest BCUT2D eigenvalue weighted by molar-refractivity contribution is 7.40. The molecule has 0 aliphatic carbocycles. The average Bonchev–Trinajstić information content (AvgIpc) is 1.89. The quantitative estimate of drug-likeness (QED) is 0.457. The van der Waals surface area contributed by atoms with Crippen LogP contribution in [-0.4, -0.2) is 12.3 Å². The summed E-state index contributed by atoms with van der Waals surface area (Å²) in [6.07, 6.45) is 2.52. The van der Waals surface area contributed by atoms with Crippen LogP contribution in [0.5, 0.6) is 0 Å². The summed E-state index contributed by atoms with van der Waals surface area (Å²) in [7, 11) is -1.47. The van der Waals surface area contributed by atoms with Crippen molar-refractivity contribution in [1.82, 2.24) is 0 Å². The van der Waals surface area contributed by atoms with Crippen molar-refractivity contribution in [2.24, 2.45) is 0 Å². The zero-order chi connectivity index (χ0) is 7.98. The Morgan fingerprint density at radius 2 is 2.40 bits per heavy atom. The van der Waals surface area contributed by atoms with E-state index in [4.69, 9.17) is 4.52 Å². The van der Waals surface area contributed by atoms with Gasteiger partial charge in [-0.25, -0.2) is 0 Å². The summed E-state index contributed by atoms with van der Waals surface area (Å²) in [6.45, 7) is 7.82. The predicted octanol–water partition coefficient (Wildman–Crippen LogP) is 2.73. The lowest BCUT2D eigenvalue weighted by Crippen LogP contribution is -1.95. The van der Waals surface area contributed by atoms with Gasteiger partial charge in [0.2, 0.25) is 0 Å². The third-order valence-corrected chi connectivity index (χ3v) is 2.57. The van der Waals surface area contributed by atoms with Gasteiger partial charge in [-0.3, -0.25) is 0 Å². The molecule has 0 aliphatic heterocycles. The molecule has 0 aliphatic rings. The SMILES string of the molecule is C=CCC(C)[P+](=O)OCC. The van der Waals surface area contributed by atoms with Crippen molar-refractivity contribution in [3.63, 3.8) is 0 Å². The molecule has 2 unspecified atom stereocenters. The van der Waals surface area contributed by atoms with Gasteiger partial charge in [0.05, 0.1) is 6.61 Å². The molecular weight excluding hydrogens is 147 g/mol. The second-order valence-electron chi connectivity index (χ2n) is 2.08. The Morgan fingerprint density at radius 1 is 1.80 bits per heavy atom. The maximum absolute atomic E-state index is 11.0. The molecule has 0 aromatic heterocycles. The van der Waals surface area contributed by atoms with E-state index < -0.39 is 8.03 Å². The number of allylic oxidation sites excluding steroid dienone is 1. The molecule has 0 amide bonds. The zero-order valence-electron chi connectivity index (χ0n) is 6.54. The molecule has 0 aromatic rings. The van der Waals surface area contributed by atoms with Crippen LogP contribution in [0.15, 0.2) is 12.7 Å². The van der Waals surface area contributed by atoms with E-state index in [1.165, 1.54) is 0 Å². The zero-order valence-corrected chi connectivity index (χ0v) is 7.43. The van der Waals surface area contributed by atoms with E-state index in [1.807, 2.05) is 13.8 Å². The lowest BCUT2D eigenvalue weighted by Gasteiger charge is -1.91. The van der Waals surface area contributed by atoms with Crippen LogP contribution in [-0.2, 0) is 9.09 Å². The van der Waals surface area contributed by atoms with Crippen molar-refractivity contribution in [3.05, 3.63) is 12.7 Å². The molecule has 58 valence electrons. The lowest BCUT2D eigenvalue weighted by molar-refractivity contribution is 0.344. The molecule has 0 saturated heterocycles. The Kier molecular flexibility index (Phi) is 5.46. The number of hydrogen-bond acceptors (Lipinski definition) is 2. The van der Waals surface area contributed by atoms with Gasteiger partial charge in [0.15, 0.2) is 5.66 Å². The summed E-state index contributed by atoms with van der Waals surface area (Å²) in [5, 5.41) is 0. The maximum atomic E-state index is 11.0. The van der Waals surface area contributed by atoms with Crippen molar-refractivity contribution >= 4 is 8.03 Å². The molecule has 0 aromatic carbocycles. The first-order valence-electron chi connectivity index (χ1n) is 3.42. The molecule has 0 N–H and O–H groups in total. The molecule has 2 atom stereocenters. The van der Waals surface area contributed by atoms with Crippen molar-refractivity contribution in [2.45, 2.75) is 25.9 Å². The average molecular weight is 161 g/mol. The summed E-state index contributed by atoms with van der Waals surface area (Å²) in [6, 6.07) is 0. The summed E-state index contributed by atoms with van der Waals surface area (Å²) < 4.78 is 15.9. The van der Waals surface area contributed by atoms with Gasteiger partial charge in [-0.2, -0.15) is 0 Å². The molecule has 10 heavy (non-hydrogen) atoms. The number of rotatable bonds is 5. The lowest BCUT2D eigenvalue weighted by atomic mass is 10.3. The van der Waals surface area contributed by atoms with E-state index in [-0.39, 0.29) is 5.66 Å². The molecule has 2 nitrogen and oxygen atoms in total. The predicted molar refractivity (Wildman–Crippen MR) is 43.5 cm³/mol. The molecule has 0 heterocycles. The molecule has 0 rings (SSSR count). The van der Waals surface area contributed by atoms with Crippen molar-refractivity contribution < 1.29 is 9.09 Å². The van der Waals surface area contributed by atoms with Crippen LogP contribution in [0.25, 0.3) is 0 Å². The monoisotopic (exact) mass is 161 g/mol. The van der Waals surface area contributed by atoms with Gasteiger partial charge in [0, 0.05) is 6.42 Å². The molecule has 0 bridgehead atoms. The Hall–Kier alpha value is -0.200. The first-order valence-corrected chi connectivity index (χ1v) is 4.67. The third-order valence-electron chi connectivity index (χ3n) is 1.12. The minimum absolute atomic E-state index is 0.104. The maximum Gasteiger partial charge on any atom is 0.511 e. The van der Waals surface area contributed by atoms with Crippen LogP contribution in [0, 0.1) is 0 Å². The van der Waals surface area contributed by atoms with E-state index in [0.717, 1.165) is 6.42 Å². The van der Waals surface area contributed by atoms with Crippen molar-refractivity contribution in [1.29, 1.82) is 0 Å². The molecule has 0 saturated carbocycles. The Labute approximate surface area is 63.1 Å². The Balaban J connectivity index is 3.58. The van der Waals surface area contributed by atoms with E-state index >= 15 is 0 Å². The van der Waals surface area contributed by atoms with Gasteiger partial charge < -0.3 is 0 Å². The Morgan fingerprint density at radius 3 is 2.80 bits per heavy atom. The van der Waals surface area contributed by atoms with Crippen molar-refractivity contribution in [2.75, 3.05) is 6.61 Å². The van der Waals surface area contributed by atoms with Crippen LogP contribution < -0.4 is 0 Å². The normalized spacial score (nSPS) is 14.4. The third kappa shape index (κ3) is 3.76. The Bertz CT molecular complexity index is 123. The highest BCUT2D eigenvalue weighted by atomic mass is 31.1. The number of hydrogen-bond donors (Lipinski definition) is 0. The largest absolute Gasteiger partial charge is 0.511 e. The topological polar surface area (TPSA) is 26.3 Å². The van der Waals surface area contributed by atoms with E-state index in [0.29, 0.717) is 6.61 Å². The fourth-order valence-corrected chi connectivity index (χ4v) is 1.41. The van der Waals surface area contributed by atoms with Crippen LogP contribution in [0.2, 0.25) is 0 Å². The summed E-state index contributed by atoms with van der Waals surface area (Å²) >= 11 is 0. The highest BCUT2D eigenvalue weighted by Gasteiger charge is 2.25. The molecular formula is C7H14O2P+.